The Morgan fingerprint density at radius 2 is 2.00 bits per heavy atom. The molecule has 1 atom stereocenters. The van der Waals surface area contributed by atoms with Crippen molar-refractivity contribution < 1.29 is 4.79 Å². The van der Waals surface area contributed by atoms with Gasteiger partial charge < -0.3 is 0 Å². The number of rotatable bonds is 3. The molecule has 0 aliphatic heterocycles. The maximum Gasteiger partial charge on any atom is 0.280 e. The van der Waals surface area contributed by atoms with Gasteiger partial charge in [0, 0.05) is 10.4 Å². The van der Waals surface area contributed by atoms with Gasteiger partial charge in [-0.1, -0.05) is 51.1 Å². The number of hydrogen-bond donors (Lipinski definition) is 2. The summed E-state index contributed by atoms with van der Waals surface area (Å²) in [4.78, 5) is 18.7. The molecule has 1 amide bonds. The number of carbonyl (C=O) groups excluding carboxylic acids is 1. The number of nitrogens with one attached hydrogen (secondary N) is 2. The first-order valence-corrected chi connectivity index (χ1v) is 9.99. The normalized spacial score (nSPS) is 16.8. The quantitative estimate of drug-likeness (QED) is 0.707. The van der Waals surface area contributed by atoms with E-state index in [2.05, 4.69) is 46.5 Å². The first-order valence-electron chi connectivity index (χ1n) is 9.18. The van der Waals surface area contributed by atoms with Crippen LogP contribution in [0.3, 0.4) is 0 Å². The molecule has 27 heavy (non-hydrogen) atoms. The van der Waals surface area contributed by atoms with Crippen LogP contribution in [0.25, 0.3) is 11.3 Å². The molecule has 0 spiro atoms. The zero-order valence-corrected chi connectivity index (χ0v) is 16.6. The van der Waals surface area contributed by atoms with Crippen molar-refractivity contribution in [3.05, 3.63) is 46.6 Å². The molecule has 2 N–H and O–H groups in total. The van der Waals surface area contributed by atoms with Gasteiger partial charge in [0.25, 0.3) is 5.91 Å². The number of thiazole rings is 1. The molecule has 6 nitrogen and oxygen atoms in total. The van der Waals surface area contributed by atoms with Gasteiger partial charge in [0.05, 0.1) is 5.69 Å². The van der Waals surface area contributed by atoms with Crippen molar-refractivity contribution >= 4 is 22.4 Å². The summed E-state index contributed by atoms with van der Waals surface area (Å²) in [6.07, 6.45) is 3.16. The second-order valence-corrected chi connectivity index (χ2v) is 9.12. The molecule has 1 unspecified atom stereocenters. The van der Waals surface area contributed by atoms with Crippen LogP contribution in [0.2, 0.25) is 0 Å². The summed E-state index contributed by atoms with van der Waals surface area (Å²) in [7, 11) is 0. The zero-order chi connectivity index (χ0) is 19.0. The predicted molar refractivity (Wildman–Crippen MR) is 107 cm³/mol. The van der Waals surface area contributed by atoms with Crippen molar-refractivity contribution in [1.82, 2.24) is 20.4 Å². The number of aromatic nitrogens is 4. The van der Waals surface area contributed by atoms with Crippen LogP contribution in [-0.4, -0.2) is 26.3 Å². The Bertz CT molecular complexity index is 954. The Hall–Kier alpha value is -2.54. The summed E-state index contributed by atoms with van der Waals surface area (Å²) < 4.78 is 0. The first kappa shape index (κ1) is 17.9. The number of hydrogen-bond acceptors (Lipinski definition) is 5. The lowest BCUT2D eigenvalue weighted by Gasteiger charge is -2.33. The minimum Gasteiger partial charge on any atom is -0.296 e. The number of anilines is 1. The molecule has 7 heteroatoms. The van der Waals surface area contributed by atoms with Gasteiger partial charge in [-0.3, -0.25) is 10.1 Å². The molecule has 0 saturated carbocycles. The van der Waals surface area contributed by atoms with Crippen LogP contribution >= 0.6 is 11.3 Å². The second-order valence-electron chi connectivity index (χ2n) is 8.04. The van der Waals surface area contributed by atoms with Gasteiger partial charge >= 0.3 is 0 Å². The molecule has 2 heterocycles. The molecule has 3 aromatic rings. The average Bonchev–Trinajstić information content (AvgIpc) is 3.27. The predicted octanol–water partition coefficient (Wildman–Crippen LogP) is 4.33. The number of H-pyrrole nitrogens is 1. The van der Waals surface area contributed by atoms with Crippen molar-refractivity contribution in [1.29, 1.82) is 0 Å². The fourth-order valence-corrected chi connectivity index (χ4v) is 4.59. The van der Waals surface area contributed by atoms with E-state index in [0.29, 0.717) is 16.7 Å². The lowest BCUT2D eigenvalue weighted by Crippen LogP contribution is -2.26. The van der Waals surface area contributed by atoms with Crippen LogP contribution in [-0.2, 0) is 12.8 Å². The highest BCUT2D eigenvalue weighted by molar-refractivity contribution is 7.15. The highest BCUT2D eigenvalue weighted by Gasteiger charge is 2.31. The number of carbonyl (C=O) groups is 1. The van der Waals surface area contributed by atoms with Gasteiger partial charge in [-0.2, -0.15) is 15.4 Å². The molecule has 4 rings (SSSR count). The van der Waals surface area contributed by atoms with Crippen LogP contribution in [0.15, 0.2) is 30.3 Å². The van der Waals surface area contributed by atoms with Crippen molar-refractivity contribution in [3.8, 4) is 11.3 Å². The standard InChI is InChI=1S/C20H23N5OS/c1-20(2,3)13-9-10-14-15(11-13)27-19(21-14)22-18(26)17-16(23-25-24-17)12-7-5-4-6-8-12/h4-8,13H,9-11H2,1-3H3,(H,21,22,26)(H,23,24,25). The summed E-state index contributed by atoms with van der Waals surface area (Å²) in [5.41, 5.74) is 3.09. The van der Waals surface area contributed by atoms with Gasteiger partial charge in [-0.15, -0.1) is 11.3 Å². The van der Waals surface area contributed by atoms with Crippen LogP contribution in [0.4, 0.5) is 5.13 Å². The van der Waals surface area contributed by atoms with E-state index in [1.807, 2.05) is 30.3 Å². The van der Waals surface area contributed by atoms with Crippen molar-refractivity contribution in [2.24, 2.45) is 11.3 Å². The van der Waals surface area contributed by atoms with Crippen LogP contribution in [0.5, 0.6) is 0 Å². The van der Waals surface area contributed by atoms with Gasteiger partial charge in [0.15, 0.2) is 10.8 Å². The van der Waals surface area contributed by atoms with Gasteiger partial charge in [-0.25, -0.2) is 4.98 Å². The van der Waals surface area contributed by atoms with Crippen molar-refractivity contribution in [2.45, 2.75) is 40.0 Å². The molecule has 0 fully saturated rings. The van der Waals surface area contributed by atoms with Gasteiger partial charge in [0.2, 0.25) is 0 Å². The third kappa shape index (κ3) is 3.64. The number of benzene rings is 1. The molecular weight excluding hydrogens is 358 g/mol. The number of aromatic amines is 1. The lowest BCUT2D eigenvalue weighted by molar-refractivity contribution is 0.102. The van der Waals surface area contributed by atoms with E-state index in [-0.39, 0.29) is 17.0 Å². The van der Waals surface area contributed by atoms with Crippen LogP contribution in [0.1, 0.15) is 48.3 Å². The summed E-state index contributed by atoms with van der Waals surface area (Å²) >= 11 is 1.58. The number of aryl methyl sites for hydroxylation is 1. The molecule has 140 valence electrons. The molecule has 1 aliphatic carbocycles. The highest BCUT2D eigenvalue weighted by Crippen LogP contribution is 2.40. The van der Waals surface area contributed by atoms with E-state index >= 15 is 0 Å². The summed E-state index contributed by atoms with van der Waals surface area (Å²) in [5, 5.41) is 14.3. The number of fused-ring (bicyclic) bond motifs is 1. The molecule has 0 bridgehead atoms. The maximum atomic E-state index is 12.7. The Morgan fingerprint density at radius 1 is 1.22 bits per heavy atom. The summed E-state index contributed by atoms with van der Waals surface area (Å²) in [6, 6.07) is 9.55. The smallest absolute Gasteiger partial charge is 0.280 e. The molecule has 1 aromatic carbocycles. The van der Waals surface area contributed by atoms with Gasteiger partial charge in [-0.05, 0) is 30.6 Å². The van der Waals surface area contributed by atoms with Crippen LogP contribution in [0, 0.1) is 11.3 Å². The number of nitrogens with zero attached hydrogens (tertiary/aromatic N) is 3. The molecule has 0 radical (unpaired) electrons. The number of amides is 1. The van der Waals surface area contributed by atoms with E-state index in [1.54, 1.807) is 11.3 Å². The molecule has 0 saturated heterocycles. The Balaban J connectivity index is 1.53. The molecule has 1 aliphatic rings. The van der Waals surface area contributed by atoms with Crippen molar-refractivity contribution in [3.63, 3.8) is 0 Å². The zero-order valence-electron chi connectivity index (χ0n) is 15.7. The summed E-state index contributed by atoms with van der Waals surface area (Å²) in [6.45, 7) is 6.88. The largest absolute Gasteiger partial charge is 0.296 e. The Labute approximate surface area is 162 Å². The molecular formula is C20H23N5OS. The first-order chi connectivity index (χ1) is 12.9. The van der Waals surface area contributed by atoms with E-state index in [1.165, 1.54) is 4.88 Å². The van der Waals surface area contributed by atoms with Crippen LogP contribution < -0.4 is 5.32 Å². The minimum absolute atomic E-state index is 0.280. The third-order valence-corrected chi connectivity index (χ3v) is 6.23. The monoisotopic (exact) mass is 381 g/mol. The second kappa shape index (κ2) is 6.88. The average molecular weight is 382 g/mol. The van der Waals surface area contributed by atoms with E-state index in [4.69, 9.17) is 0 Å². The SMILES string of the molecule is CC(C)(C)C1CCc2nc(NC(=O)c3n[nH]nc3-c3ccccc3)sc2C1. The van der Waals surface area contributed by atoms with Crippen molar-refractivity contribution in [2.75, 3.05) is 5.32 Å². The fourth-order valence-electron chi connectivity index (χ4n) is 3.51. The Kier molecular flexibility index (Phi) is 4.55. The lowest BCUT2D eigenvalue weighted by atomic mass is 9.73. The third-order valence-electron chi connectivity index (χ3n) is 5.20. The van der Waals surface area contributed by atoms with E-state index in [0.717, 1.165) is 30.5 Å². The fraction of sp³-hybridized carbons (Fsp3) is 0.400. The van der Waals surface area contributed by atoms with E-state index < -0.39 is 0 Å². The highest BCUT2D eigenvalue weighted by atomic mass is 32.1. The topological polar surface area (TPSA) is 83.6 Å². The molecule has 2 aromatic heterocycles. The minimum atomic E-state index is -0.291. The Morgan fingerprint density at radius 3 is 2.74 bits per heavy atom. The maximum absolute atomic E-state index is 12.7. The van der Waals surface area contributed by atoms with E-state index in [9.17, 15) is 4.79 Å². The summed E-state index contributed by atoms with van der Waals surface area (Å²) in [5.74, 6) is 0.357. The van der Waals surface area contributed by atoms with Gasteiger partial charge in [0.1, 0.15) is 5.69 Å².